The fourth-order valence-corrected chi connectivity index (χ4v) is 2.25. The highest BCUT2D eigenvalue weighted by atomic mass is 79.9. The van der Waals surface area contributed by atoms with E-state index >= 15 is 0 Å². The Morgan fingerprint density at radius 3 is 2.56 bits per heavy atom. The largest absolute Gasteiger partial charge is 0.256 e. The van der Waals surface area contributed by atoms with E-state index in [9.17, 15) is 0 Å². The van der Waals surface area contributed by atoms with Crippen molar-refractivity contribution in [3.05, 3.63) is 52.6 Å². The summed E-state index contributed by atoms with van der Waals surface area (Å²) in [4.78, 5) is 4.45. The molecule has 0 saturated carbocycles. The molecular weight excluding hydrogens is 286 g/mol. The molecule has 2 aromatic rings. The molecule has 0 N–H and O–H groups in total. The fraction of sp³-hybridized carbons (Fsp3) is 0.312. The molecule has 0 saturated heterocycles. The van der Waals surface area contributed by atoms with E-state index in [4.69, 9.17) is 0 Å². The average Bonchev–Trinajstić information content (AvgIpc) is 2.40. The Bertz CT molecular complexity index is 491. The van der Waals surface area contributed by atoms with Crippen LogP contribution in [-0.2, 0) is 6.42 Å². The Morgan fingerprint density at radius 2 is 1.83 bits per heavy atom. The average molecular weight is 304 g/mol. The number of rotatable bonds is 5. The standard InChI is InChI=1S/C16H18BrN/c1-2-3-4-5-13-10-11-18-16(12-13)14-6-8-15(17)9-7-14/h6-12H,2-5H2,1H3. The zero-order valence-corrected chi connectivity index (χ0v) is 12.3. The minimum Gasteiger partial charge on any atom is -0.256 e. The maximum atomic E-state index is 4.45. The molecule has 1 nitrogen and oxygen atoms in total. The Morgan fingerprint density at radius 1 is 1.06 bits per heavy atom. The first-order chi connectivity index (χ1) is 8.79. The van der Waals surface area contributed by atoms with Gasteiger partial charge in [0, 0.05) is 16.2 Å². The number of benzene rings is 1. The molecule has 0 fully saturated rings. The molecule has 0 bridgehead atoms. The van der Waals surface area contributed by atoms with Gasteiger partial charge in [-0.15, -0.1) is 0 Å². The molecule has 0 unspecified atom stereocenters. The fourth-order valence-electron chi connectivity index (χ4n) is 1.99. The van der Waals surface area contributed by atoms with Crippen molar-refractivity contribution < 1.29 is 0 Å². The summed E-state index contributed by atoms with van der Waals surface area (Å²) in [5.41, 5.74) is 3.63. The van der Waals surface area contributed by atoms with E-state index in [0.717, 1.165) is 16.6 Å². The predicted molar refractivity (Wildman–Crippen MR) is 80.6 cm³/mol. The SMILES string of the molecule is CCCCCc1ccnc(-c2ccc(Br)cc2)c1. The Hall–Kier alpha value is -1.15. The van der Waals surface area contributed by atoms with Crippen LogP contribution in [0.3, 0.4) is 0 Å². The molecule has 0 spiro atoms. The highest BCUT2D eigenvalue weighted by molar-refractivity contribution is 9.10. The van der Waals surface area contributed by atoms with Crippen LogP contribution in [0.2, 0.25) is 0 Å². The van der Waals surface area contributed by atoms with Gasteiger partial charge in [0.1, 0.15) is 0 Å². The summed E-state index contributed by atoms with van der Waals surface area (Å²) >= 11 is 3.45. The summed E-state index contributed by atoms with van der Waals surface area (Å²) in [6.07, 6.45) is 6.90. The highest BCUT2D eigenvalue weighted by Gasteiger charge is 2.01. The summed E-state index contributed by atoms with van der Waals surface area (Å²) in [6, 6.07) is 12.6. The Labute approximate surface area is 117 Å². The first-order valence-corrected chi connectivity index (χ1v) is 7.30. The molecule has 0 radical (unpaired) electrons. The molecule has 1 aromatic heterocycles. The molecular formula is C16H18BrN. The van der Waals surface area contributed by atoms with Gasteiger partial charge in [-0.1, -0.05) is 47.8 Å². The molecule has 0 aliphatic heterocycles. The number of nitrogens with zero attached hydrogens (tertiary/aromatic N) is 1. The summed E-state index contributed by atoms with van der Waals surface area (Å²) < 4.78 is 1.10. The van der Waals surface area contributed by atoms with Crippen molar-refractivity contribution in [3.8, 4) is 11.3 Å². The van der Waals surface area contributed by atoms with Crippen LogP contribution < -0.4 is 0 Å². The third-order valence-corrected chi connectivity index (χ3v) is 3.56. The number of aromatic nitrogens is 1. The number of hydrogen-bond donors (Lipinski definition) is 0. The van der Waals surface area contributed by atoms with Crippen molar-refractivity contribution in [2.75, 3.05) is 0 Å². The topological polar surface area (TPSA) is 12.9 Å². The normalized spacial score (nSPS) is 10.6. The van der Waals surface area contributed by atoms with E-state index in [2.05, 4.69) is 64.2 Å². The lowest BCUT2D eigenvalue weighted by Gasteiger charge is -2.05. The van der Waals surface area contributed by atoms with Gasteiger partial charge in [0.25, 0.3) is 0 Å². The molecule has 18 heavy (non-hydrogen) atoms. The van der Waals surface area contributed by atoms with Crippen LogP contribution in [0.5, 0.6) is 0 Å². The number of unbranched alkanes of at least 4 members (excludes halogenated alkanes) is 2. The van der Waals surface area contributed by atoms with Gasteiger partial charge in [0.05, 0.1) is 5.69 Å². The maximum Gasteiger partial charge on any atom is 0.0704 e. The second-order valence-electron chi connectivity index (χ2n) is 4.51. The molecule has 1 aromatic carbocycles. The third-order valence-electron chi connectivity index (χ3n) is 3.03. The zero-order valence-electron chi connectivity index (χ0n) is 10.7. The summed E-state index contributed by atoms with van der Waals surface area (Å²) in [6.45, 7) is 2.24. The van der Waals surface area contributed by atoms with Crippen LogP contribution in [0.1, 0.15) is 31.7 Å². The molecule has 1 heterocycles. The molecule has 94 valence electrons. The van der Waals surface area contributed by atoms with Crippen LogP contribution in [0.4, 0.5) is 0 Å². The van der Waals surface area contributed by atoms with Gasteiger partial charge in [0.2, 0.25) is 0 Å². The molecule has 2 rings (SSSR count). The van der Waals surface area contributed by atoms with Crippen molar-refractivity contribution in [3.63, 3.8) is 0 Å². The van der Waals surface area contributed by atoms with Gasteiger partial charge in [0.15, 0.2) is 0 Å². The number of aryl methyl sites for hydroxylation is 1. The van der Waals surface area contributed by atoms with E-state index in [1.165, 1.54) is 30.4 Å². The number of hydrogen-bond acceptors (Lipinski definition) is 1. The first kappa shape index (κ1) is 13.3. The van der Waals surface area contributed by atoms with Gasteiger partial charge in [-0.3, -0.25) is 4.98 Å². The Balaban J connectivity index is 2.13. The van der Waals surface area contributed by atoms with E-state index in [-0.39, 0.29) is 0 Å². The van der Waals surface area contributed by atoms with Crippen molar-refractivity contribution in [2.24, 2.45) is 0 Å². The van der Waals surface area contributed by atoms with Gasteiger partial charge in [-0.2, -0.15) is 0 Å². The lowest BCUT2D eigenvalue weighted by atomic mass is 10.0. The second-order valence-corrected chi connectivity index (χ2v) is 5.43. The van der Waals surface area contributed by atoms with Gasteiger partial charge in [-0.05, 0) is 42.7 Å². The van der Waals surface area contributed by atoms with Gasteiger partial charge < -0.3 is 0 Å². The van der Waals surface area contributed by atoms with Crippen LogP contribution in [0, 0.1) is 0 Å². The van der Waals surface area contributed by atoms with Crippen LogP contribution in [0.25, 0.3) is 11.3 Å². The smallest absolute Gasteiger partial charge is 0.0704 e. The molecule has 0 atom stereocenters. The van der Waals surface area contributed by atoms with Gasteiger partial charge in [-0.25, -0.2) is 0 Å². The monoisotopic (exact) mass is 303 g/mol. The summed E-state index contributed by atoms with van der Waals surface area (Å²) in [7, 11) is 0. The predicted octanol–water partition coefficient (Wildman–Crippen LogP) is 5.24. The molecule has 0 amide bonds. The first-order valence-electron chi connectivity index (χ1n) is 6.50. The minimum atomic E-state index is 1.07. The van der Waals surface area contributed by atoms with E-state index in [1.807, 2.05) is 6.20 Å². The Kier molecular flexibility index (Phi) is 4.94. The zero-order chi connectivity index (χ0) is 12.8. The molecule has 0 aliphatic carbocycles. The van der Waals surface area contributed by atoms with Crippen molar-refractivity contribution in [1.82, 2.24) is 4.98 Å². The number of halogens is 1. The third kappa shape index (κ3) is 3.67. The van der Waals surface area contributed by atoms with E-state index in [0.29, 0.717) is 0 Å². The summed E-state index contributed by atoms with van der Waals surface area (Å²) in [5, 5.41) is 0. The van der Waals surface area contributed by atoms with Crippen LogP contribution in [-0.4, -0.2) is 4.98 Å². The van der Waals surface area contributed by atoms with Crippen LogP contribution >= 0.6 is 15.9 Å². The molecule has 2 heteroatoms. The van der Waals surface area contributed by atoms with Crippen molar-refractivity contribution in [1.29, 1.82) is 0 Å². The van der Waals surface area contributed by atoms with Gasteiger partial charge >= 0.3 is 0 Å². The lowest BCUT2D eigenvalue weighted by molar-refractivity contribution is 0.717. The van der Waals surface area contributed by atoms with E-state index in [1.54, 1.807) is 0 Å². The lowest BCUT2D eigenvalue weighted by Crippen LogP contribution is -1.89. The number of pyridine rings is 1. The maximum absolute atomic E-state index is 4.45. The van der Waals surface area contributed by atoms with Crippen molar-refractivity contribution >= 4 is 15.9 Å². The van der Waals surface area contributed by atoms with Crippen molar-refractivity contribution in [2.45, 2.75) is 32.6 Å². The minimum absolute atomic E-state index is 1.07. The second kappa shape index (κ2) is 6.69. The van der Waals surface area contributed by atoms with E-state index < -0.39 is 0 Å². The quantitative estimate of drug-likeness (QED) is 0.688. The molecule has 0 aliphatic rings. The highest BCUT2D eigenvalue weighted by Crippen LogP contribution is 2.21. The van der Waals surface area contributed by atoms with Crippen LogP contribution in [0.15, 0.2) is 47.1 Å². The summed E-state index contributed by atoms with van der Waals surface area (Å²) in [5.74, 6) is 0.